The lowest BCUT2D eigenvalue weighted by Crippen LogP contribution is -2.47. The van der Waals surface area contributed by atoms with Gasteiger partial charge in [0.05, 0.1) is 17.2 Å². The number of carbonyl (C=O) groups excluding carboxylic acids is 1. The first kappa shape index (κ1) is 25.1. The number of hydrogen-bond acceptors (Lipinski definition) is 5. The van der Waals surface area contributed by atoms with Crippen LogP contribution >= 0.6 is 11.6 Å². The maximum Gasteiger partial charge on any atom is 0.264 e. The number of ether oxygens (including phenoxy) is 1. The van der Waals surface area contributed by atoms with Crippen molar-refractivity contribution in [2.24, 2.45) is 11.8 Å². The Morgan fingerprint density at radius 2 is 1.86 bits per heavy atom. The van der Waals surface area contributed by atoms with E-state index in [0.717, 1.165) is 68.7 Å². The van der Waals surface area contributed by atoms with E-state index in [1.54, 1.807) is 18.2 Å². The Kier molecular flexibility index (Phi) is 6.64. The van der Waals surface area contributed by atoms with Crippen LogP contribution in [0.5, 0.6) is 5.75 Å². The van der Waals surface area contributed by atoms with Crippen molar-refractivity contribution in [1.82, 2.24) is 4.72 Å². The van der Waals surface area contributed by atoms with Crippen molar-refractivity contribution in [3.63, 3.8) is 0 Å². The summed E-state index contributed by atoms with van der Waals surface area (Å²) in [6, 6.07) is 11.3. The second-order valence-corrected chi connectivity index (χ2v) is 13.6. The molecule has 198 valence electrons. The van der Waals surface area contributed by atoms with Crippen LogP contribution < -0.4 is 14.4 Å². The van der Waals surface area contributed by atoms with Gasteiger partial charge < -0.3 is 9.64 Å². The van der Waals surface area contributed by atoms with Gasteiger partial charge in [-0.25, -0.2) is 13.1 Å². The van der Waals surface area contributed by atoms with Crippen LogP contribution in [0.1, 0.15) is 68.9 Å². The summed E-state index contributed by atoms with van der Waals surface area (Å²) < 4.78 is 35.3. The van der Waals surface area contributed by atoms with E-state index in [0.29, 0.717) is 18.3 Å². The zero-order valence-corrected chi connectivity index (χ0v) is 22.8. The van der Waals surface area contributed by atoms with Crippen molar-refractivity contribution in [3.05, 3.63) is 52.5 Å². The highest BCUT2D eigenvalue weighted by Gasteiger charge is 2.42. The monoisotopic (exact) mass is 542 g/mol. The fourth-order valence-corrected chi connectivity index (χ4v) is 7.97. The summed E-state index contributed by atoms with van der Waals surface area (Å²) in [4.78, 5) is 15.1. The average Bonchev–Trinajstić information content (AvgIpc) is 3.34. The molecule has 0 bridgehead atoms. The molecule has 6 nitrogen and oxygen atoms in total. The van der Waals surface area contributed by atoms with Crippen molar-refractivity contribution in [2.75, 3.05) is 24.6 Å². The Morgan fingerprint density at radius 3 is 2.62 bits per heavy atom. The number of benzene rings is 2. The zero-order valence-electron chi connectivity index (χ0n) is 21.2. The molecule has 1 amide bonds. The number of rotatable bonds is 5. The van der Waals surface area contributed by atoms with Gasteiger partial charge in [-0.2, -0.15) is 0 Å². The van der Waals surface area contributed by atoms with Gasteiger partial charge in [-0.15, -0.1) is 0 Å². The molecular formula is C29H35ClN2O4S. The van der Waals surface area contributed by atoms with Gasteiger partial charge in [-0.1, -0.05) is 36.9 Å². The average molecular weight is 543 g/mol. The standard InChI is InChI=1S/C29H35ClN2O4S/c30-23-10-12-25-22(15-23)9-4-14-29(25)18-32(17-20-5-3-6-20)26-16-24(11-13-27(26)36-19-29)37(34,35)31-28(33)21-7-1-2-8-21/h10-13,15-16,20-21H,1-9,14,17-19H2,(H,31,33)/t29-/m0/s1. The van der Waals surface area contributed by atoms with E-state index < -0.39 is 10.0 Å². The van der Waals surface area contributed by atoms with Crippen LogP contribution in [0.4, 0.5) is 5.69 Å². The third-order valence-electron chi connectivity index (χ3n) is 8.98. The number of carbonyl (C=O) groups is 1. The summed E-state index contributed by atoms with van der Waals surface area (Å²) in [5, 5.41) is 0.759. The predicted molar refractivity (Wildman–Crippen MR) is 145 cm³/mol. The number of aryl methyl sites for hydroxylation is 1. The van der Waals surface area contributed by atoms with Crippen molar-refractivity contribution >= 4 is 33.2 Å². The molecule has 0 radical (unpaired) electrons. The summed E-state index contributed by atoms with van der Waals surface area (Å²) in [5.74, 6) is 0.706. The topological polar surface area (TPSA) is 75.7 Å². The maximum atomic E-state index is 13.3. The van der Waals surface area contributed by atoms with Crippen LogP contribution in [-0.4, -0.2) is 34.0 Å². The minimum atomic E-state index is -3.97. The van der Waals surface area contributed by atoms with E-state index >= 15 is 0 Å². The molecule has 2 saturated carbocycles. The SMILES string of the molecule is O=C(NS(=O)(=O)c1ccc2c(c1)N(CC1CCC1)C[C@@]1(CCCc3cc(Cl)ccc31)CO2)C1CCCC1. The Bertz CT molecular complexity index is 1300. The van der Waals surface area contributed by atoms with Crippen molar-refractivity contribution in [1.29, 1.82) is 0 Å². The molecule has 6 rings (SSSR count). The quantitative estimate of drug-likeness (QED) is 0.531. The fourth-order valence-electron chi connectivity index (χ4n) is 6.71. The lowest BCUT2D eigenvalue weighted by molar-refractivity contribution is -0.122. The lowest BCUT2D eigenvalue weighted by atomic mass is 9.70. The Hall–Kier alpha value is -2.25. The Balaban J connectivity index is 1.34. The van der Waals surface area contributed by atoms with Crippen LogP contribution in [-0.2, 0) is 26.7 Å². The molecule has 4 aliphatic rings. The van der Waals surface area contributed by atoms with E-state index in [1.807, 2.05) is 6.07 Å². The molecule has 2 aromatic carbocycles. The zero-order chi connectivity index (χ0) is 25.6. The summed E-state index contributed by atoms with van der Waals surface area (Å²) in [7, 11) is -3.97. The van der Waals surface area contributed by atoms with Gasteiger partial charge in [0.15, 0.2) is 0 Å². The summed E-state index contributed by atoms with van der Waals surface area (Å²) in [6.07, 6.45) is 10.2. The van der Waals surface area contributed by atoms with Crippen LogP contribution in [0.15, 0.2) is 41.3 Å². The second kappa shape index (κ2) is 9.81. The van der Waals surface area contributed by atoms with E-state index in [-0.39, 0.29) is 22.1 Å². The van der Waals surface area contributed by atoms with Gasteiger partial charge in [0.1, 0.15) is 5.75 Å². The summed E-state index contributed by atoms with van der Waals surface area (Å²) in [5.41, 5.74) is 3.21. The molecule has 0 saturated heterocycles. The van der Waals surface area contributed by atoms with Crippen molar-refractivity contribution < 1.29 is 17.9 Å². The number of hydrogen-bond donors (Lipinski definition) is 1. The highest BCUT2D eigenvalue weighted by molar-refractivity contribution is 7.90. The molecule has 2 fully saturated rings. The smallest absolute Gasteiger partial charge is 0.264 e. The van der Waals surface area contributed by atoms with Crippen LogP contribution in [0.25, 0.3) is 0 Å². The minimum absolute atomic E-state index is 0.117. The normalized spacial score (nSPS) is 24.1. The first-order valence-electron chi connectivity index (χ1n) is 13.7. The number of halogens is 1. The molecule has 1 aliphatic heterocycles. The fraction of sp³-hybridized carbons (Fsp3) is 0.552. The molecule has 1 spiro atoms. The van der Waals surface area contributed by atoms with Crippen LogP contribution in [0.3, 0.4) is 0 Å². The van der Waals surface area contributed by atoms with Gasteiger partial charge in [0.25, 0.3) is 10.0 Å². The van der Waals surface area contributed by atoms with Gasteiger partial charge in [-0.05, 0) is 92.3 Å². The molecule has 1 atom stereocenters. The molecule has 0 aromatic heterocycles. The minimum Gasteiger partial charge on any atom is -0.490 e. The number of sulfonamides is 1. The van der Waals surface area contributed by atoms with Gasteiger partial charge >= 0.3 is 0 Å². The van der Waals surface area contributed by atoms with E-state index in [9.17, 15) is 13.2 Å². The first-order chi connectivity index (χ1) is 17.8. The Morgan fingerprint density at radius 1 is 1.05 bits per heavy atom. The van der Waals surface area contributed by atoms with Gasteiger partial charge in [-0.3, -0.25) is 4.79 Å². The highest BCUT2D eigenvalue weighted by Crippen LogP contribution is 2.45. The van der Waals surface area contributed by atoms with Crippen molar-refractivity contribution in [3.8, 4) is 5.75 Å². The molecule has 0 unspecified atom stereocenters. The second-order valence-electron chi connectivity index (χ2n) is 11.5. The predicted octanol–water partition coefficient (Wildman–Crippen LogP) is 5.61. The van der Waals surface area contributed by atoms with E-state index in [2.05, 4.69) is 21.8 Å². The van der Waals surface area contributed by atoms with E-state index in [4.69, 9.17) is 16.3 Å². The first-order valence-corrected chi connectivity index (χ1v) is 15.6. The lowest BCUT2D eigenvalue weighted by Gasteiger charge is -2.42. The summed E-state index contributed by atoms with van der Waals surface area (Å²) >= 11 is 6.34. The maximum absolute atomic E-state index is 13.3. The van der Waals surface area contributed by atoms with Gasteiger partial charge in [0.2, 0.25) is 5.91 Å². The number of anilines is 1. The number of amides is 1. The van der Waals surface area contributed by atoms with E-state index in [1.165, 1.54) is 30.4 Å². The summed E-state index contributed by atoms with van der Waals surface area (Å²) in [6.45, 7) is 2.18. The molecule has 1 N–H and O–H groups in total. The third kappa shape index (κ3) is 4.85. The van der Waals surface area contributed by atoms with Gasteiger partial charge in [0, 0.05) is 29.4 Å². The molecule has 1 heterocycles. The largest absolute Gasteiger partial charge is 0.490 e. The highest BCUT2D eigenvalue weighted by atomic mass is 35.5. The van der Waals surface area contributed by atoms with Crippen LogP contribution in [0.2, 0.25) is 5.02 Å². The molecule has 2 aromatic rings. The number of nitrogens with zero attached hydrogens (tertiary/aromatic N) is 1. The third-order valence-corrected chi connectivity index (χ3v) is 10.6. The molecular weight excluding hydrogens is 508 g/mol. The number of nitrogens with one attached hydrogen (secondary N) is 1. The van der Waals surface area contributed by atoms with Crippen LogP contribution in [0, 0.1) is 11.8 Å². The van der Waals surface area contributed by atoms with Crippen molar-refractivity contribution in [2.45, 2.75) is 74.5 Å². The molecule has 8 heteroatoms. The molecule has 37 heavy (non-hydrogen) atoms. The molecule has 3 aliphatic carbocycles. The number of fused-ring (bicyclic) bond motifs is 3. The Labute approximate surface area is 224 Å².